The molecule has 8 nitrogen and oxygen atoms in total. The van der Waals surface area contributed by atoms with Crippen LogP contribution >= 0.6 is 0 Å². The summed E-state index contributed by atoms with van der Waals surface area (Å²) in [6.07, 6.45) is 0.945. The van der Waals surface area contributed by atoms with Gasteiger partial charge in [0, 0.05) is 23.5 Å². The number of primary amides is 1. The fourth-order valence-electron chi connectivity index (χ4n) is 4.26. The Kier molecular flexibility index (Phi) is 7.50. The Morgan fingerprint density at radius 3 is 2.17 bits per heavy atom. The van der Waals surface area contributed by atoms with Crippen molar-refractivity contribution in [3.8, 4) is 16.9 Å². The molecule has 0 aliphatic rings. The fraction of sp³-hybridized carbons (Fsp3) is 0.0625. The molecular weight excluding hydrogens is 502 g/mol. The standard InChI is InChI=1S/C32H27N5O3/c1-21-8-6-9-22(2)29(21)40-32(39)37(27-13-7-12-25(20-27)23-10-4-3-5-11-23)28-18-19-34-31(36-28)35-26-16-14-24(15-17-26)30(33)38/h3-20H,1-2H3,(H2,33,38)(H,34,35,36). The topological polar surface area (TPSA) is 110 Å². The maximum absolute atomic E-state index is 13.8. The van der Waals surface area contributed by atoms with E-state index in [0.29, 0.717) is 28.5 Å². The molecule has 0 saturated carbocycles. The number of hydrogen-bond acceptors (Lipinski definition) is 6. The molecule has 5 aromatic rings. The number of ether oxygens (including phenoxy) is 1. The van der Waals surface area contributed by atoms with Crippen molar-refractivity contribution in [2.24, 2.45) is 5.73 Å². The van der Waals surface area contributed by atoms with E-state index in [1.54, 1.807) is 36.5 Å². The van der Waals surface area contributed by atoms with E-state index in [1.165, 1.54) is 4.90 Å². The van der Waals surface area contributed by atoms with Gasteiger partial charge in [-0.1, -0.05) is 60.7 Å². The van der Waals surface area contributed by atoms with E-state index in [0.717, 1.165) is 22.3 Å². The zero-order chi connectivity index (χ0) is 28.1. The van der Waals surface area contributed by atoms with Gasteiger partial charge in [0.05, 0.1) is 5.69 Å². The average Bonchev–Trinajstić information content (AvgIpc) is 2.96. The minimum absolute atomic E-state index is 0.258. The Labute approximate surface area is 232 Å². The zero-order valence-electron chi connectivity index (χ0n) is 22.0. The molecule has 0 spiro atoms. The molecule has 1 heterocycles. The van der Waals surface area contributed by atoms with E-state index < -0.39 is 12.0 Å². The SMILES string of the molecule is Cc1cccc(C)c1OC(=O)N(c1cccc(-c2ccccc2)c1)c1ccnc(Nc2ccc(C(N)=O)cc2)n1. The number of carbonyl (C=O) groups is 2. The normalized spacial score (nSPS) is 10.6. The highest BCUT2D eigenvalue weighted by atomic mass is 16.6. The summed E-state index contributed by atoms with van der Waals surface area (Å²) in [5.74, 6) is 0.556. The van der Waals surface area contributed by atoms with Gasteiger partial charge in [-0.2, -0.15) is 4.98 Å². The molecule has 198 valence electrons. The van der Waals surface area contributed by atoms with Crippen LogP contribution < -0.4 is 20.7 Å². The van der Waals surface area contributed by atoms with E-state index >= 15 is 0 Å². The maximum Gasteiger partial charge on any atom is 0.425 e. The van der Waals surface area contributed by atoms with Gasteiger partial charge in [-0.25, -0.2) is 14.7 Å². The lowest BCUT2D eigenvalue weighted by molar-refractivity contribution is 0.1000. The first-order valence-electron chi connectivity index (χ1n) is 12.6. The van der Waals surface area contributed by atoms with Crippen molar-refractivity contribution in [3.05, 3.63) is 126 Å². The molecule has 5 rings (SSSR count). The first-order valence-corrected chi connectivity index (χ1v) is 12.6. The van der Waals surface area contributed by atoms with Crippen molar-refractivity contribution in [2.75, 3.05) is 10.2 Å². The smallest absolute Gasteiger partial charge is 0.409 e. The third-order valence-electron chi connectivity index (χ3n) is 6.29. The quantitative estimate of drug-likeness (QED) is 0.236. The molecule has 8 heteroatoms. The lowest BCUT2D eigenvalue weighted by Gasteiger charge is -2.23. The number of carbonyl (C=O) groups excluding carboxylic acids is 2. The number of hydrogen-bond donors (Lipinski definition) is 2. The number of aromatic nitrogens is 2. The summed E-state index contributed by atoms with van der Waals surface area (Å²) in [7, 11) is 0. The van der Waals surface area contributed by atoms with Gasteiger partial charge >= 0.3 is 6.09 Å². The molecule has 0 bridgehead atoms. The number of rotatable bonds is 7. The summed E-state index contributed by atoms with van der Waals surface area (Å²) in [6.45, 7) is 3.79. The second-order valence-corrected chi connectivity index (χ2v) is 9.15. The summed E-state index contributed by atoms with van der Waals surface area (Å²) in [6, 6.07) is 31.5. The van der Waals surface area contributed by atoms with Gasteiger partial charge in [-0.15, -0.1) is 0 Å². The van der Waals surface area contributed by atoms with Crippen LogP contribution in [0.4, 0.5) is 27.9 Å². The number of nitrogens with one attached hydrogen (secondary N) is 1. The number of nitrogens with two attached hydrogens (primary N) is 1. The number of aryl methyl sites for hydroxylation is 2. The molecule has 4 aromatic carbocycles. The Bertz CT molecular complexity index is 1650. The van der Waals surface area contributed by atoms with Crippen molar-refractivity contribution in [3.63, 3.8) is 0 Å². The predicted molar refractivity (Wildman–Crippen MR) is 156 cm³/mol. The molecular formula is C32H27N5O3. The monoisotopic (exact) mass is 529 g/mol. The number of amides is 2. The van der Waals surface area contributed by atoms with Crippen molar-refractivity contribution < 1.29 is 14.3 Å². The first kappa shape index (κ1) is 26.1. The second kappa shape index (κ2) is 11.5. The number of benzene rings is 4. The van der Waals surface area contributed by atoms with E-state index in [-0.39, 0.29) is 5.95 Å². The highest BCUT2D eigenvalue weighted by molar-refractivity contribution is 5.97. The zero-order valence-corrected chi connectivity index (χ0v) is 22.0. The van der Waals surface area contributed by atoms with E-state index in [1.807, 2.05) is 86.6 Å². The maximum atomic E-state index is 13.8. The summed E-state index contributed by atoms with van der Waals surface area (Å²) >= 11 is 0. The minimum Gasteiger partial charge on any atom is -0.409 e. The second-order valence-electron chi connectivity index (χ2n) is 9.15. The Morgan fingerprint density at radius 2 is 1.48 bits per heavy atom. The molecule has 3 N–H and O–H groups in total. The lowest BCUT2D eigenvalue weighted by Crippen LogP contribution is -2.30. The van der Waals surface area contributed by atoms with Crippen LogP contribution in [0.3, 0.4) is 0 Å². The number of nitrogens with zero attached hydrogens (tertiary/aromatic N) is 3. The van der Waals surface area contributed by atoms with Crippen LogP contribution in [0.2, 0.25) is 0 Å². The van der Waals surface area contributed by atoms with Gasteiger partial charge in [0.2, 0.25) is 11.9 Å². The molecule has 1 aromatic heterocycles. The molecule has 0 unspecified atom stereocenters. The van der Waals surface area contributed by atoms with Crippen molar-refractivity contribution in [1.29, 1.82) is 0 Å². The van der Waals surface area contributed by atoms with Crippen LogP contribution in [0, 0.1) is 13.8 Å². The summed E-state index contributed by atoms with van der Waals surface area (Å²) < 4.78 is 5.95. The van der Waals surface area contributed by atoms with Crippen molar-refractivity contribution >= 4 is 35.1 Å². The van der Waals surface area contributed by atoms with Crippen LogP contribution in [-0.4, -0.2) is 22.0 Å². The Morgan fingerprint density at radius 1 is 0.800 bits per heavy atom. The van der Waals surface area contributed by atoms with Crippen LogP contribution in [0.15, 0.2) is 109 Å². The van der Waals surface area contributed by atoms with E-state index in [4.69, 9.17) is 10.5 Å². The fourth-order valence-corrected chi connectivity index (χ4v) is 4.26. The molecule has 0 saturated heterocycles. The lowest BCUT2D eigenvalue weighted by atomic mass is 10.1. The highest BCUT2D eigenvalue weighted by Gasteiger charge is 2.24. The third-order valence-corrected chi connectivity index (χ3v) is 6.29. The molecule has 0 aliphatic heterocycles. The van der Waals surface area contributed by atoms with Gasteiger partial charge in [0.25, 0.3) is 0 Å². The molecule has 0 atom stereocenters. The van der Waals surface area contributed by atoms with Gasteiger partial charge in [-0.3, -0.25) is 4.79 Å². The van der Waals surface area contributed by atoms with Crippen LogP contribution in [0.1, 0.15) is 21.5 Å². The molecule has 0 aliphatic carbocycles. The highest BCUT2D eigenvalue weighted by Crippen LogP contribution is 2.32. The van der Waals surface area contributed by atoms with Crippen molar-refractivity contribution in [1.82, 2.24) is 9.97 Å². The molecule has 0 fully saturated rings. The Hall–Kier alpha value is -5.50. The van der Waals surface area contributed by atoms with Crippen molar-refractivity contribution in [2.45, 2.75) is 13.8 Å². The Balaban J connectivity index is 1.53. The number of anilines is 4. The van der Waals surface area contributed by atoms with E-state index in [9.17, 15) is 9.59 Å². The van der Waals surface area contributed by atoms with Crippen LogP contribution in [0.5, 0.6) is 5.75 Å². The van der Waals surface area contributed by atoms with Gasteiger partial charge in [0.1, 0.15) is 11.6 Å². The number of para-hydroxylation sites is 1. The molecule has 2 amide bonds. The molecule has 0 radical (unpaired) electrons. The molecule has 40 heavy (non-hydrogen) atoms. The summed E-state index contributed by atoms with van der Waals surface area (Å²) in [5.41, 5.74) is 10.6. The third kappa shape index (κ3) is 5.81. The first-order chi connectivity index (χ1) is 19.4. The van der Waals surface area contributed by atoms with Gasteiger partial charge < -0.3 is 15.8 Å². The largest absolute Gasteiger partial charge is 0.425 e. The van der Waals surface area contributed by atoms with Crippen LogP contribution in [-0.2, 0) is 0 Å². The summed E-state index contributed by atoms with van der Waals surface area (Å²) in [5, 5.41) is 3.11. The van der Waals surface area contributed by atoms with Crippen LogP contribution in [0.25, 0.3) is 11.1 Å². The van der Waals surface area contributed by atoms with Gasteiger partial charge in [-0.05, 0) is 72.5 Å². The average molecular weight is 530 g/mol. The minimum atomic E-state index is -0.613. The van der Waals surface area contributed by atoms with E-state index in [2.05, 4.69) is 15.3 Å². The predicted octanol–water partition coefficient (Wildman–Crippen LogP) is 6.94. The van der Waals surface area contributed by atoms with Gasteiger partial charge in [0.15, 0.2) is 0 Å². The summed E-state index contributed by atoms with van der Waals surface area (Å²) in [4.78, 5) is 35.6.